The molecule has 1 aliphatic carbocycles. The number of hydrogen-bond donors (Lipinski definition) is 1. The highest BCUT2D eigenvalue weighted by molar-refractivity contribution is 5.88. The molecule has 7 heteroatoms. The normalized spacial score (nSPS) is 13.9. The number of aryl methyl sites for hydroxylation is 2. The minimum atomic E-state index is -0.615. The van der Waals surface area contributed by atoms with E-state index in [4.69, 9.17) is 0 Å². The first-order chi connectivity index (χ1) is 11.0. The van der Waals surface area contributed by atoms with Crippen LogP contribution in [0.1, 0.15) is 18.5 Å². The van der Waals surface area contributed by atoms with E-state index in [1.165, 1.54) is 6.07 Å². The summed E-state index contributed by atoms with van der Waals surface area (Å²) < 4.78 is 1.74. The summed E-state index contributed by atoms with van der Waals surface area (Å²) in [6.07, 6.45) is 8.00. The molecule has 0 radical (unpaired) electrons. The van der Waals surface area contributed by atoms with Crippen molar-refractivity contribution in [2.45, 2.75) is 19.8 Å². The van der Waals surface area contributed by atoms with Crippen molar-refractivity contribution >= 4 is 22.5 Å². The van der Waals surface area contributed by atoms with Crippen molar-refractivity contribution in [2.75, 3.05) is 5.32 Å². The van der Waals surface area contributed by atoms with E-state index in [0.717, 1.165) is 18.5 Å². The maximum Gasteiger partial charge on any atom is 0.377 e. The van der Waals surface area contributed by atoms with Crippen LogP contribution in [0.15, 0.2) is 40.9 Å². The SMILES string of the molecule is Cc1cc2c(c([N+](=O)[O-])n1)c(=O)cc(NC1=CCCC=C1)n2C. The fourth-order valence-electron chi connectivity index (χ4n) is 2.67. The summed E-state index contributed by atoms with van der Waals surface area (Å²) in [6.45, 7) is 1.67. The maximum atomic E-state index is 12.4. The molecule has 3 rings (SSSR count). The van der Waals surface area contributed by atoms with E-state index in [0.29, 0.717) is 17.0 Å². The van der Waals surface area contributed by atoms with Crippen LogP contribution in [0.5, 0.6) is 0 Å². The van der Waals surface area contributed by atoms with Gasteiger partial charge in [0.2, 0.25) is 0 Å². The van der Waals surface area contributed by atoms with Gasteiger partial charge in [-0.05, 0) is 28.8 Å². The molecule has 1 aliphatic rings. The molecule has 7 nitrogen and oxygen atoms in total. The highest BCUT2D eigenvalue weighted by Gasteiger charge is 2.21. The van der Waals surface area contributed by atoms with Gasteiger partial charge in [0.15, 0.2) is 11.1 Å². The van der Waals surface area contributed by atoms with Crippen molar-refractivity contribution in [1.82, 2.24) is 9.55 Å². The Morgan fingerprint density at radius 1 is 1.35 bits per heavy atom. The lowest BCUT2D eigenvalue weighted by Crippen LogP contribution is -2.15. The number of nitrogens with one attached hydrogen (secondary N) is 1. The fraction of sp³-hybridized carbons (Fsp3) is 0.250. The van der Waals surface area contributed by atoms with Gasteiger partial charge in [0.05, 0.1) is 5.52 Å². The average Bonchev–Trinajstić information content (AvgIpc) is 2.52. The first-order valence-corrected chi connectivity index (χ1v) is 7.27. The van der Waals surface area contributed by atoms with Crippen LogP contribution in [0.3, 0.4) is 0 Å². The molecule has 0 saturated heterocycles. The van der Waals surface area contributed by atoms with Crippen molar-refractivity contribution in [2.24, 2.45) is 7.05 Å². The Hall–Kier alpha value is -2.96. The predicted octanol–water partition coefficient (Wildman–Crippen LogP) is 2.80. The number of allylic oxidation sites excluding steroid dienone is 3. The molecule has 2 heterocycles. The number of fused-ring (bicyclic) bond motifs is 1. The van der Waals surface area contributed by atoms with Crippen LogP contribution >= 0.6 is 0 Å². The lowest BCUT2D eigenvalue weighted by atomic mass is 10.1. The first kappa shape index (κ1) is 15.0. The Bertz CT molecular complexity index is 925. The highest BCUT2D eigenvalue weighted by atomic mass is 16.6. The van der Waals surface area contributed by atoms with E-state index < -0.39 is 16.2 Å². The topological polar surface area (TPSA) is 90.1 Å². The van der Waals surface area contributed by atoms with Gasteiger partial charge >= 0.3 is 5.82 Å². The molecule has 23 heavy (non-hydrogen) atoms. The molecule has 0 spiro atoms. The van der Waals surface area contributed by atoms with Crippen LogP contribution in [0.25, 0.3) is 10.9 Å². The second-order valence-electron chi connectivity index (χ2n) is 5.46. The quantitative estimate of drug-likeness (QED) is 0.695. The van der Waals surface area contributed by atoms with Crippen LogP contribution in [0, 0.1) is 17.0 Å². The fourth-order valence-corrected chi connectivity index (χ4v) is 2.67. The van der Waals surface area contributed by atoms with Gasteiger partial charge in [-0.15, -0.1) is 0 Å². The number of nitro groups is 1. The van der Waals surface area contributed by atoms with Crippen LogP contribution in [-0.2, 0) is 7.05 Å². The number of nitrogens with zero attached hydrogens (tertiary/aromatic N) is 3. The van der Waals surface area contributed by atoms with Crippen molar-refractivity contribution in [3.8, 4) is 0 Å². The third-order valence-corrected chi connectivity index (χ3v) is 3.78. The summed E-state index contributed by atoms with van der Waals surface area (Å²) in [6, 6.07) is 3.05. The lowest BCUT2D eigenvalue weighted by molar-refractivity contribution is -0.387. The summed E-state index contributed by atoms with van der Waals surface area (Å²) in [5.41, 5.74) is 1.47. The summed E-state index contributed by atoms with van der Waals surface area (Å²) in [5.74, 6) is 0.184. The molecule has 2 aromatic rings. The minimum Gasteiger partial charge on any atom is -0.358 e. The van der Waals surface area contributed by atoms with E-state index in [9.17, 15) is 14.9 Å². The molecule has 0 fully saturated rings. The van der Waals surface area contributed by atoms with Crippen LogP contribution in [-0.4, -0.2) is 14.5 Å². The van der Waals surface area contributed by atoms with Gasteiger partial charge in [-0.2, -0.15) is 0 Å². The van der Waals surface area contributed by atoms with E-state index in [1.807, 2.05) is 6.08 Å². The second kappa shape index (κ2) is 5.68. The van der Waals surface area contributed by atoms with Crippen molar-refractivity contribution in [3.05, 3.63) is 62.1 Å². The average molecular weight is 312 g/mol. The standard InChI is InChI=1S/C16H16N4O3/c1-10-8-12-15(16(17-10)20(22)23)13(21)9-14(19(12)2)18-11-6-4-3-5-7-11/h4,6-9,18H,3,5H2,1-2H3. The summed E-state index contributed by atoms with van der Waals surface area (Å²) in [7, 11) is 1.76. The van der Waals surface area contributed by atoms with Crippen molar-refractivity contribution in [1.29, 1.82) is 0 Å². The highest BCUT2D eigenvalue weighted by Crippen LogP contribution is 2.24. The van der Waals surface area contributed by atoms with E-state index in [1.54, 1.807) is 24.6 Å². The first-order valence-electron chi connectivity index (χ1n) is 7.27. The Kier molecular flexibility index (Phi) is 3.69. The number of hydrogen-bond acceptors (Lipinski definition) is 5. The molecule has 2 aromatic heterocycles. The molecular formula is C16H16N4O3. The third-order valence-electron chi connectivity index (χ3n) is 3.78. The zero-order valence-corrected chi connectivity index (χ0v) is 12.9. The van der Waals surface area contributed by atoms with Gasteiger partial charge in [-0.25, -0.2) is 0 Å². The van der Waals surface area contributed by atoms with Crippen molar-refractivity contribution in [3.63, 3.8) is 0 Å². The monoisotopic (exact) mass is 312 g/mol. The molecule has 0 aromatic carbocycles. The largest absolute Gasteiger partial charge is 0.377 e. The Balaban J connectivity index is 2.21. The van der Waals surface area contributed by atoms with Gasteiger partial charge < -0.3 is 20.0 Å². The minimum absolute atomic E-state index is 0.0295. The zero-order valence-electron chi connectivity index (χ0n) is 12.9. The molecule has 0 unspecified atom stereocenters. The summed E-state index contributed by atoms with van der Waals surface area (Å²) in [4.78, 5) is 26.9. The molecule has 0 aliphatic heterocycles. The molecule has 0 amide bonds. The molecular weight excluding hydrogens is 296 g/mol. The lowest BCUT2D eigenvalue weighted by Gasteiger charge is -2.16. The second-order valence-corrected chi connectivity index (χ2v) is 5.46. The van der Waals surface area contributed by atoms with Gasteiger partial charge in [-0.1, -0.05) is 12.2 Å². The van der Waals surface area contributed by atoms with Crippen LogP contribution in [0.2, 0.25) is 0 Å². The molecule has 118 valence electrons. The van der Waals surface area contributed by atoms with Crippen LogP contribution < -0.4 is 10.7 Å². The van der Waals surface area contributed by atoms with Gasteiger partial charge in [-0.3, -0.25) is 4.79 Å². The van der Waals surface area contributed by atoms with E-state index >= 15 is 0 Å². The maximum absolute atomic E-state index is 12.4. The number of rotatable bonds is 3. The van der Waals surface area contributed by atoms with E-state index in [2.05, 4.69) is 22.5 Å². The van der Waals surface area contributed by atoms with Crippen molar-refractivity contribution < 1.29 is 4.92 Å². The molecule has 0 saturated carbocycles. The van der Waals surface area contributed by atoms with Gasteiger partial charge in [0, 0.05) is 31.8 Å². The predicted molar refractivity (Wildman–Crippen MR) is 88.5 cm³/mol. The Labute approximate surface area is 132 Å². The molecule has 0 atom stereocenters. The number of anilines is 1. The smallest absolute Gasteiger partial charge is 0.358 e. The summed E-state index contributed by atoms with van der Waals surface area (Å²) in [5, 5.41) is 14.4. The Morgan fingerprint density at radius 2 is 2.13 bits per heavy atom. The van der Waals surface area contributed by atoms with Gasteiger partial charge in [0.25, 0.3) is 0 Å². The zero-order chi connectivity index (χ0) is 16.6. The Morgan fingerprint density at radius 3 is 2.78 bits per heavy atom. The summed E-state index contributed by atoms with van der Waals surface area (Å²) >= 11 is 0. The number of pyridine rings is 2. The van der Waals surface area contributed by atoms with Gasteiger partial charge in [0.1, 0.15) is 11.2 Å². The third kappa shape index (κ3) is 2.73. The van der Waals surface area contributed by atoms with E-state index in [-0.39, 0.29) is 5.39 Å². The number of aromatic nitrogens is 2. The van der Waals surface area contributed by atoms with Crippen LogP contribution in [0.4, 0.5) is 11.6 Å². The molecule has 1 N–H and O–H groups in total. The molecule has 0 bridgehead atoms.